The molecular weight excluding hydrogens is 539 g/mol. The molecule has 39 heavy (non-hydrogen) atoms. The number of amides is 2. The number of anilines is 1. The molecule has 3 heterocycles. The molecule has 2 amide bonds. The summed E-state index contributed by atoms with van der Waals surface area (Å²) in [6.07, 6.45) is -2.19. The van der Waals surface area contributed by atoms with Crippen LogP contribution in [0, 0.1) is 0 Å². The summed E-state index contributed by atoms with van der Waals surface area (Å²) in [5.74, 6) is -1.40. The third-order valence-electron chi connectivity index (χ3n) is 5.82. The van der Waals surface area contributed by atoms with Gasteiger partial charge in [0.25, 0.3) is 0 Å². The number of aliphatic hydroxyl groups excluding tert-OH is 1. The van der Waals surface area contributed by atoms with Gasteiger partial charge in [0, 0.05) is 40.8 Å². The third-order valence-corrected chi connectivity index (χ3v) is 6.70. The molecule has 10 nitrogen and oxygen atoms in total. The van der Waals surface area contributed by atoms with Crippen molar-refractivity contribution < 1.29 is 33.0 Å². The molecule has 0 radical (unpaired) electrons. The topological polar surface area (TPSA) is 146 Å². The van der Waals surface area contributed by atoms with Gasteiger partial charge in [-0.2, -0.15) is 13.2 Å². The van der Waals surface area contributed by atoms with Crippen LogP contribution in [0.3, 0.4) is 0 Å². The standard InChI is InChI=1S/C25H22F3N5O5S/c1-3-29-24(38)32-20-7-14(22-31-19(11-39-22)25(26,27)28)16(8-30-20)13-4-5-18-15(6-13)21(35)17(23(36)37)9-33(18)12(2)10-34/h4-9,11-12,34H,3,10H2,1-2H3,(H,36,37)(H2,29,30,32,38)/t12-/m0/s1. The van der Waals surface area contributed by atoms with Gasteiger partial charge in [-0.05, 0) is 37.6 Å². The normalized spacial score (nSPS) is 12.4. The van der Waals surface area contributed by atoms with E-state index in [2.05, 4.69) is 20.6 Å². The van der Waals surface area contributed by atoms with Crippen LogP contribution in [0.15, 0.2) is 46.8 Å². The number of carboxylic acids is 1. The molecule has 4 rings (SSSR count). The van der Waals surface area contributed by atoms with Gasteiger partial charge in [-0.1, -0.05) is 6.07 Å². The van der Waals surface area contributed by atoms with Crippen LogP contribution >= 0.6 is 11.3 Å². The number of urea groups is 1. The molecule has 1 aromatic carbocycles. The molecule has 0 aliphatic rings. The summed E-state index contributed by atoms with van der Waals surface area (Å²) in [4.78, 5) is 44.7. The van der Waals surface area contributed by atoms with Crippen LogP contribution in [-0.4, -0.2) is 49.9 Å². The highest BCUT2D eigenvalue weighted by Crippen LogP contribution is 2.39. The fourth-order valence-electron chi connectivity index (χ4n) is 3.91. The summed E-state index contributed by atoms with van der Waals surface area (Å²) in [7, 11) is 0. The quantitative estimate of drug-likeness (QED) is 0.258. The zero-order valence-electron chi connectivity index (χ0n) is 20.5. The van der Waals surface area contributed by atoms with E-state index < -0.39 is 40.9 Å². The number of benzene rings is 1. The predicted molar refractivity (Wildman–Crippen MR) is 139 cm³/mol. The minimum Gasteiger partial charge on any atom is -0.477 e. The summed E-state index contributed by atoms with van der Waals surface area (Å²) in [5.41, 5.74) is -1.16. The van der Waals surface area contributed by atoms with E-state index in [9.17, 15) is 37.8 Å². The molecule has 0 saturated heterocycles. The van der Waals surface area contributed by atoms with Gasteiger partial charge in [0.2, 0.25) is 5.43 Å². The van der Waals surface area contributed by atoms with Gasteiger partial charge in [-0.3, -0.25) is 10.1 Å². The second kappa shape index (κ2) is 10.8. The Balaban J connectivity index is 1.94. The number of fused-ring (bicyclic) bond motifs is 1. The lowest BCUT2D eigenvalue weighted by Gasteiger charge is -2.18. The van der Waals surface area contributed by atoms with E-state index in [4.69, 9.17) is 0 Å². The first-order valence-electron chi connectivity index (χ1n) is 11.6. The van der Waals surface area contributed by atoms with Crippen LogP contribution in [0.1, 0.15) is 35.9 Å². The van der Waals surface area contributed by atoms with Crippen LogP contribution in [-0.2, 0) is 6.18 Å². The van der Waals surface area contributed by atoms with E-state index in [0.717, 1.165) is 22.9 Å². The largest absolute Gasteiger partial charge is 0.477 e. The van der Waals surface area contributed by atoms with E-state index in [1.807, 2.05) is 0 Å². The Bertz CT molecular complexity index is 1630. The molecule has 0 saturated carbocycles. The lowest BCUT2D eigenvalue weighted by atomic mass is 9.99. The van der Waals surface area contributed by atoms with Crippen LogP contribution in [0.4, 0.5) is 23.8 Å². The molecule has 3 aromatic heterocycles. The van der Waals surface area contributed by atoms with Crippen LogP contribution in [0.25, 0.3) is 32.6 Å². The summed E-state index contributed by atoms with van der Waals surface area (Å²) in [6.45, 7) is 3.37. The third kappa shape index (κ3) is 5.61. The fourth-order valence-corrected chi connectivity index (χ4v) is 4.76. The van der Waals surface area contributed by atoms with Crippen molar-refractivity contribution >= 4 is 40.1 Å². The second-order valence-corrected chi connectivity index (χ2v) is 9.34. The van der Waals surface area contributed by atoms with E-state index in [1.54, 1.807) is 26.0 Å². The summed E-state index contributed by atoms with van der Waals surface area (Å²) in [6, 6.07) is 4.82. The van der Waals surface area contributed by atoms with Crippen LogP contribution < -0.4 is 16.1 Å². The Morgan fingerprint density at radius 3 is 2.56 bits per heavy atom. The van der Waals surface area contributed by atoms with Crippen LogP contribution in [0.5, 0.6) is 0 Å². The molecule has 0 bridgehead atoms. The molecular formula is C25H22F3N5O5S. The van der Waals surface area contributed by atoms with Gasteiger partial charge < -0.3 is 20.1 Å². The molecule has 0 aliphatic carbocycles. The van der Waals surface area contributed by atoms with Gasteiger partial charge in [0.05, 0.1) is 18.2 Å². The molecule has 0 aliphatic heterocycles. The highest BCUT2D eigenvalue weighted by atomic mass is 32.1. The number of hydrogen-bond donors (Lipinski definition) is 4. The van der Waals surface area contributed by atoms with Crippen molar-refractivity contribution in [2.45, 2.75) is 26.1 Å². The van der Waals surface area contributed by atoms with Crippen molar-refractivity contribution in [2.24, 2.45) is 0 Å². The first kappa shape index (κ1) is 27.7. The number of nitrogens with one attached hydrogen (secondary N) is 2. The van der Waals surface area contributed by atoms with E-state index in [0.29, 0.717) is 23.2 Å². The molecule has 0 fully saturated rings. The predicted octanol–water partition coefficient (Wildman–Crippen LogP) is 4.60. The molecule has 14 heteroatoms. The smallest absolute Gasteiger partial charge is 0.434 e. The molecule has 204 valence electrons. The Kier molecular flexibility index (Phi) is 7.70. The fraction of sp³-hybridized carbons (Fsp3) is 0.240. The second-order valence-electron chi connectivity index (χ2n) is 8.48. The highest BCUT2D eigenvalue weighted by molar-refractivity contribution is 7.13. The van der Waals surface area contributed by atoms with Crippen molar-refractivity contribution in [3.05, 3.63) is 63.5 Å². The minimum absolute atomic E-state index is 0.00984. The van der Waals surface area contributed by atoms with E-state index in [-0.39, 0.29) is 28.4 Å². The van der Waals surface area contributed by atoms with E-state index in [1.165, 1.54) is 22.9 Å². The lowest BCUT2D eigenvalue weighted by molar-refractivity contribution is -0.140. The summed E-state index contributed by atoms with van der Waals surface area (Å²) >= 11 is 0.740. The number of carboxylic acid groups (broad SMARTS) is 1. The zero-order chi connectivity index (χ0) is 28.5. The van der Waals surface area contributed by atoms with Crippen molar-refractivity contribution in [1.29, 1.82) is 0 Å². The molecule has 0 spiro atoms. The lowest BCUT2D eigenvalue weighted by Crippen LogP contribution is -2.28. The maximum Gasteiger partial charge on any atom is 0.434 e. The maximum atomic E-state index is 13.3. The number of carbonyl (C=O) groups is 2. The molecule has 0 unspecified atom stereocenters. The number of hydrogen-bond acceptors (Lipinski definition) is 7. The number of aromatic carboxylic acids is 1. The molecule has 4 N–H and O–H groups in total. The summed E-state index contributed by atoms with van der Waals surface area (Å²) in [5, 5.41) is 25.1. The Morgan fingerprint density at radius 2 is 1.95 bits per heavy atom. The van der Waals surface area contributed by atoms with Gasteiger partial charge >= 0.3 is 18.2 Å². The number of alkyl halides is 3. The average molecular weight is 562 g/mol. The zero-order valence-corrected chi connectivity index (χ0v) is 21.4. The van der Waals surface area contributed by atoms with Gasteiger partial charge in [0.15, 0.2) is 5.69 Å². The van der Waals surface area contributed by atoms with Crippen molar-refractivity contribution in [3.63, 3.8) is 0 Å². The minimum atomic E-state index is -4.67. The van der Waals surface area contributed by atoms with Gasteiger partial charge in [0.1, 0.15) is 16.4 Å². The number of halogens is 3. The van der Waals surface area contributed by atoms with Crippen molar-refractivity contribution in [3.8, 4) is 21.7 Å². The van der Waals surface area contributed by atoms with Crippen LogP contribution in [0.2, 0.25) is 0 Å². The molecule has 4 aromatic rings. The maximum absolute atomic E-state index is 13.3. The van der Waals surface area contributed by atoms with Crippen molar-refractivity contribution in [2.75, 3.05) is 18.5 Å². The number of aliphatic hydroxyl groups is 1. The number of pyridine rings is 2. The van der Waals surface area contributed by atoms with E-state index >= 15 is 0 Å². The number of nitrogens with zero attached hydrogens (tertiary/aromatic N) is 3. The Labute approximate surface area is 222 Å². The first-order chi connectivity index (χ1) is 18.4. The first-order valence-corrected chi connectivity index (χ1v) is 12.4. The average Bonchev–Trinajstić information content (AvgIpc) is 3.39. The van der Waals surface area contributed by atoms with Crippen molar-refractivity contribution in [1.82, 2.24) is 19.9 Å². The number of aromatic nitrogens is 3. The Hall–Kier alpha value is -4.30. The number of rotatable bonds is 7. The monoisotopic (exact) mass is 561 g/mol. The Morgan fingerprint density at radius 1 is 1.21 bits per heavy atom. The molecule has 1 atom stereocenters. The number of thiazole rings is 1. The number of carbonyl (C=O) groups excluding carboxylic acids is 1. The van der Waals surface area contributed by atoms with Gasteiger partial charge in [-0.25, -0.2) is 19.6 Å². The summed E-state index contributed by atoms with van der Waals surface area (Å²) < 4.78 is 41.4. The van der Waals surface area contributed by atoms with Gasteiger partial charge in [-0.15, -0.1) is 11.3 Å². The highest BCUT2D eigenvalue weighted by Gasteiger charge is 2.34. The SMILES string of the molecule is CCNC(=O)Nc1cc(-c2nc(C(F)(F)F)cs2)c(-c2ccc3c(c2)c(=O)c(C(=O)O)cn3[C@@H](C)CO)cn1.